The maximum absolute atomic E-state index is 10.0. The van der Waals surface area contributed by atoms with Gasteiger partial charge in [0.15, 0.2) is 0 Å². The van der Waals surface area contributed by atoms with E-state index in [-0.39, 0.29) is 0 Å². The zero-order valence-corrected chi connectivity index (χ0v) is 9.54. The Labute approximate surface area is 81.9 Å². The van der Waals surface area contributed by atoms with Crippen molar-refractivity contribution in [1.29, 1.82) is 0 Å². The van der Waals surface area contributed by atoms with E-state index >= 15 is 0 Å². The molecule has 0 aromatic rings. The fourth-order valence-electron chi connectivity index (χ4n) is 1.73. The molecule has 1 N–H and O–H groups in total. The monoisotopic (exact) mass is 185 g/mol. The van der Waals surface area contributed by atoms with Gasteiger partial charge in [-0.2, -0.15) is 0 Å². The van der Waals surface area contributed by atoms with Crippen LogP contribution in [0.25, 0.3) is 0 Å². The van der Waals surface area contributed by atoms with E-state index in [0.717, 1.165) is 13.1 Å². The Balaban J connectivity index is 2.40. The molecule has 1 aliphatic rings. The predicted molar refractivity (Wildman–Crippen MR) is 55.7 cm³/mol. The van der Waals surface area contributed by atoms with Crippen LogP contribution in [0.2, 0.25) is 0 Å². The lowest BCUT2D eigenvalue weighted by atomic mass is 9.81. The van der Waals surface area contributed by atoms with Gasteiger partial charge in [-0.15, -0.1) is 0 Å². The van der Waals surface area contributed by atoms with Gasteiger partial charge in [0.1, 0.15) is 0 Å². The van der Waals surface area contributed by atoms with E-state index in [2.05, 4.69) is 39.5 Å². The van der Waals surface area contributed by atoms with Gasteiger partial charge in [0, 0.05) is 19.1 Å². The highest BCUT2D eigenvalue weighted by Gasteiger charge is 2.45. The minimum Gasteiger partial charge on any atom is -0.387 e. The first-order valence-electron chi connectivity index (χ1n) is 5.33. The van der Waals surface area contributed by atoms with E-state index in [4.69, 9.17) is 0 Å². The molecule has 0 saturated carbocycles. The first kappa shape index (κ1) is 11.0. The number of aliphatic hydroxyl groups is 1. The van der Waals surface area contributed by atoms with Crippen molar-refractivity contribution >= 4 is 0 Å². The average molecular weight is 185 g/mol. The van der Waals surface area contributed by atoms with Crippen molar-refractivity contribution in [1.82, 2.24) is 4.90 Å². The smallest absolute Gasteiger partial charge is 0.0923 e. The summed E-state index contributed by atoms with van der Waals surface area (Å²) in [6, 6.07) is 0.596. The van der Waals surface area contributed by atoms with Crippen molar-refractivity contribution in [3.8, 4) is 0 Å². The highest BCUT2D eigenvalue weighted by Crippen LogP contribution is 2.31. The molecule has 0 radical (unpaired) electrons. The highest BCUT2D eigenvalue weighted by atomic mass is 16.3. The molecule has 1 heterocycles. The molecular weight excluding hydrogens is 162 g/mol. The van der Waals surface area contributed by atoms with Crippen LogP contribution in [0.3, 0.4) is 0 Å². The molecule has 13 heavy (non-hydrogen) atoms. The van der Waals surface area contributed by atoms with Crippen LogP contribution in [0.1, 0.15) is 34.6 Å². The maximum atomic E-state index is 10.0. The lowest BCUT2D eigenvalue weighted by Gasteiger charge is -2.52. The molecule has 0 bridgehead atoms. The van der Waals surface area contributed by atoms with E-state index in [0.29, 0.717) is 17.9 Å². The van der Waals surface area contributed by atoms with E-state index in [1.54, 1.807) is 0 Å². The molecule has 0 aromatic heterocycles. The van der Waals surface area contributed by atoms with Gasteiger partial charge in [0.25, 0.3) is 0 Å². The van der Waals surface area contributed by atoms with Crippen molar-refractivity contribution in [3.63, 3.8) is 0 Å². The molecule has 1 atom stereocenters. The SMILES string of the molecule is CC(C)C(C)N1CC(O)(C(C)C)C1. The number of rotatable bonds is 3. The Hall–Kier alpha value is -0.0800. The Kier molecular flexibility index (Phi) is 3.03. The summed E-state index contributed by atoms with van der Waals surface area (Å²) in [6.07, 6.45) is 0. The van der Waals surface area contributed by atoms with Crippen LogP contribution < -0.4 is 0 Å². The van der Waals surface area contributed by atoms with Crippen LogP contribution in [0.15, 0.2) is 0 Å². The summed E-state index contributed by atoms with van der Waals surface area (Å²) >= 11 is 0. The van der Waals surface area contributed by atoms with Gasteiger partial charge in [0.05, 0.1) is 5.60 Å². The zero-order valence-electron chi connectivity index (χ0n) is 9.54. The largest absolute Gasteiger partial charge is 0.387 e. The predicted octanol–water partition coefficient (Wildman–Crippen LogP) is 1.73. The van der Waals surface area contributed by atoms with Crippen molar-refractivity contribution in [3.05, 3.63) is 0 Å². The van der Waals surface area contributed by atoms with Gasteiger partial charge >= 0.3 is 0 Å². The molecule has 0 aliphatic carbocycles. The number of β-amino-alcohol motifs (C(OH)–C–C–N with tert-alkyl or cyclic N) is 1. The molecule has 1 unspecified atom stereocenters. The fraction of sp³-hybridized carbons (Fsp3) is 1.00. The third-order valence-corrected chi connectivity index (χ3v) is 3.57. The molecule has 0 spiro atoms. The number of hydrogen-bond donors (Lipinski definition) is 1. The van der Waals surface area contributed by atoms with E-state index < -0.39 is 5.60 Å². The molecule has 2 heteroatoms. The van der Waals surface area contributed by atoms with Crippen LogP contribution in [0.5, 0.6) is 0 Å². The summed E-state index contributed by atoms with van der Waals surface area (Å²) in [7, 11) is 0. The Morgan fingerprint density at radius 1 is 1.08 bits per heavy atom. The highest BCUT2D eigenvalue weighted by molar-refractivity contribution is 4.99. The van der Waals surface area contributed by atoms with Crippen LogP contribution in [-0.4, -0.2) is 34.7 Å². The van der Waals surface area contributed by atoms with E-state index in [9.17, 15) is 5.11 Å². The number of nitrogens with zero attached hydrogens (tertiary/aromatic N) is 1. The Morgan fingerprint density at radius 3 is 1.85 bits per heavy atom. The molecule has 1 rings (SSSR count). The van der Waals surface area contributed by atoms with Crippen LogP contribution in [0, 0.1) is 11.8 Å². The maximum Gasteiger partial charge on any atom is 0.0923 e. The van der Waals surface area contributed by atoms with Gasteiger partial charge in [-0.1, -0.05) is 27.7 Å². The molecule has 1 aliphatic heterocycles. The van der Waals surface area contributed by atoms with Crippen molar-refractivity contribution in [2.75, 3.05) is 13.1 Å². The average Bonchev–Trinajstić information content (AvgIpc) is 1.96. The summed E-state index contributed by atoms with van der Waals surface area (Å²) in [6.45, 7) is 12.6. The van der Waals surface area contributed by atoms with Gasteiger partial charge in [-0.05, 0) is 18.8 Å². The molecule has 0 aromatic carbocycles. The third-order valence-electron chi connectivity index (χ3n) is 3.57. The first-order chi connectivity index (χ1) is 5.87. The zero-order chi connectivity index (χ0) is 10.2. The standard InChI is InChI=1S/C11H23NO/c1-8(2)10(5)12-6-11(13,7-12)9(3)4/h8-10,13H,6-7H2,1-5H3. The summed E-state index contributed by atoms with van der Waals surface area (Å²) in [5.74, 6) is 1.06. The van der Waals surface area contributed by atoms with Crippen LogP contribution in [0.4, 0.5) is 0 Å². The van der Waals surface area contributed by atoms with Gasteiger partial charge in [0.2, 0.25) is 0 Å². The Bertz CT molecular complexity index is 171. The van der Waals surface area contributed by atoms with Crippen molar-refractivity contribution in [2.24, 2.45) is 11.8 Å². The first-order valence-corrected chi connectivity index (χ1v) is 5.33. The lowest BCUT2D eigenvalue weighted by molar-refractivity contribution is -0.145. The second-order valence-corrected chi connectivity index (χ2v) is 5.15. The summed E-state index contributed by atoms with van der Waals surface area (Å²) < 4.78 is 0. The number of likely N-dealkylation sites (tertiary alicyclic amines) is 1. The quantitative estimate of drug-likeness (QED) is 0.724. The molecule has 2 nitrogen and oxygen atoms in total. The van der Waals surface area contributed by atoms with E-state index in [1.165, 1.54) is 0 Å². The molecule has 78 valence electrons. The molecule has 0 amide bonds. The van der Waals surface area contributed by atoms with Crippen molar-refractivity contribution in [2.45, 2.75) is 46.3 Å². The summed E-state index contributed by atoms with van der Waals surface area (Å²) in [5.41, 5.74) is -0.414. The summed E-state index contributed by atoms with van der Waals surface area (Å²) in [4.78, 5) is 2.37. The van der Waals surface area contributed by atoms with Gasteiger partial charge in [-0.25, -0.2) is 0 Å². The normalized spacial score (nSPS) is 24.9. The van der Waals surface area contributed by atoms with Gasteiger partial charge in [-0.3, -0.25) is 4.90 Å². The number of hydrogen-bond acceptors (Lipinski definition) is 2. The van der Waals surface area contributed by atoms with E-state index in [1.807, 2.05) is 0 Å². The van der Waals surface area contributed by atoms with Crippen LogP contribution >= 0.6 is 0 Å². The topological polar surface area (TPSA) is 23.5 Å². The minimum absolute atomic E-state index is 0.378. The second-order valence-electron chi connectivity index (χ2n) is 5.15. The third kappa shape index (κ3) is 2.05. The minimum atomic E-state index is -0.414. The Morgan fingerprint density at radius 2 is 1.54 bits per heavy atom. The molecule has 1 fully saturated rings. The van der Waals surface area contributed by atoms with Crippen LogP contribution in [-0.2, 0) is 0 Å². The molecule has 1 saturated heterocycles. The van der Waals surface area contributed by atoms with Gasteiger partial charge < -0.3 is 5.11 Å². The van der Waals surface area contributed by atoms with Crippen molar-refractivity contribution < 1.29 is 5.11 Å². The summed E-state index contributed by atoms with van der Waals surface area (Å²) in [5, 5.41) is 10.0. The second kappa shape index (κ2) is 3.58. The molecular formula is C11H23NO. The fourth-order valence-corrected chi connectivity index (χ4v) is 1.73. The lowest BCUT2D eigenvalue weighted by Crippen LogP contribution is -2.67.